The van der Waals surface area contributed by atoms with Crippen LogP contribution in [-0.4, -0.2) is 39.1 Å². The van der Waals surface area contributed by atoms with Gasteiger partial charge in [0.05, 0.1) is 0 Å². The van der Waals surface area contributed by atoms with Crippen molar-refractivity contribution in [3.05, 3.63) is 93.5 Å². The van der Waals surface area contributed by atoms with E-state index < -0.39 is 0 Å². The zero-order valence-corrected chi connectivity index (χ0v) is 18.2. The maximum atomic E-state index is 13.6. The predicted molar refractivity (Wildman–Crippen MR) is 126 cm³/mol. The van der Waals surface area contributed by atoms with Crippen molar-refractivity contribution in [2.45, 2.75) is 25.7 Å². The fourth-order valence-electron chi connectivity index (χ4n) is 5.40. The summed E-state index contributed by atoms with van der Waals surface area (Å²) in [6, 6.07) is 15.5. The maximum Gasteiger partial charge on any atom is 0.270 e. The second-order valence-electron chi connectivity index (χ2n) is 8.97. The van der Waals surface area contributed by atoms with Crippen molar-refractivity contribution in [1.82, 2.24) is 14.3 Å². The summed E-state index contributed by atoms with van der Waals surface area (Å²) in [6.45, 7) is 0.848. The van der Waals surface area contributed by atoms with Gasteiger partial charge in [0, 0.05) is 37.0 Å². The molecule has 2 aromatic carbocycles. The third kappa shape index (κ3) is 3.17. The summed E-state index contributed by atoms with van der Waals surface area (Å²) < 4.78 is 1.38. The lowest BCUT2D eigenvalue weighted by molar-refractivity contribution is 0.0635. The first-order valence-corrected chi connectivity index (χ1v) is 11.4. The molecule has 3 heterocycles. The van der Waals surface area contributed by atoms with Crippen LogP contribution in [0.1, 0.15) is 44.7 Å². The van der Waals surface area contributed by atoms with Crippen molar-refractivity contribution in [1.29, 1.82) is 0 Å². The van der Waals surface area contributed by atoms with Crippen molar-refractivity contribution >= 4 is 28.1 Å². The van der Waals surface area contributed by atoms with Crippen LogP contribution >= 0.6 is 0 Å². The van der Waals surface area contributed by atoms with Gasteiger partial charge in [-0.3, -0.25) is 18.8 Å². The number of fused-ring (bicyclic) bond motifs is 1. The van der Waals surface area contributed by atoms with Crippen molar-refractivity contribution in [2.75, 3.05) is 13.1 Å². The summed E-state index contributed by atoms with van der Waals surface area (Å²) in [5.74, 6) is -0.558. The molecule has 6 heteroatoms. The lowest BCUT2D eigenvalue weighted by atomic mass is 9.87. The van der Waals surface area contributed by atoms with E-state index in [0.717, 1.165) is 36.6 Å². The predicted octanol–water partition coefficient (Wildman–Crippen LogP) is 3.68. The number of hydrogen-bond donors (Lipinski definition) is 0. The summed E-state index contributed by atoms with van der Waals surface area (Å²) in [5, 5.41) is 2.25. The highest BCUT2D eigenvalue weighted by molar-refractivity contribution is 6.11. The molecule has 0 spiro atoms. The van der Waals surface area contributed by atoms with Crippen molar-refractivity contribution in [3.8, 4) is 0 Å². The Balaban J connectivity index is 1.30. The minimum absolute atomic E-state index is 0.0390. The van der Waals surface area contributed by atoms with E-state index in [0.29, 0.717) is 18.7 Å². The van der Waals surface area contributed by atoms with Gasteiger partial charge in [-0.1, -0.05) is 36.4 Å². The minimum Gasteiger partial charge on any atom is -0.338 e. The van der Waals surface area contributed by atoms with E-state index in [4.69, 9.17) is 0 Å². The van der Waals surface area contributed by atoms with E-state index in [2.05, 4.69) is 17.1 Å². The van der Waals surface area contributed by atoms with Gasteiger partial charge in [-0.05, 0) is 59.7 Å². The number of benzene rings is 2. The summed E-state index contributed by atoms with van der Waals surface area (Å²) in [7, 11) is 0. The zero-order chi connectivity index (χ0) is 22.5. The number of rotatable bonds is 3. The second kappa shape index (κ2) is 7.66. The van der Waals surface area contributed by atoms with E-state index in [-0.39, 0.29) is 28.7 Å². The second-order valence-corrected chi connectivity index (χ2v) is 8.97. The number of likely N-dealkylation sites (tertiary alicyclic amines) is 1. The number of hydrogen-bond acceptors (Lipinski definition) is 4. The number of Topliss-reactive ketones (excluding diaryl/α,β-unsaturated/α-hetero) is 1. The standard InChI is InChI=1S/C27H23N3O3/c31-25(21-12-11-18-10-9-17-5-3-7-20(21)24(17)18)19-6-4-13-29(16-19)26(32)22-15-28-23-8-1-2-14-30(23)27(22)33/h1-3,5,7-8,11-12,14-15,19H,4,6,9-10,13,16H2. The Labute approximate surface area is 190 Å². The Hall–Kier alpha value is -3.80. The van der Waals surface area contributed by atoms with Crippen molar-refractivity contribution in [3.63, 3.8) is 0 Å². The average Bonchev–Trinajstić information content (AvgIpc) is 3.29. The number of pyridine rings is 1. The molecular formula is C27H23N3O3. The summed E-state index contributed by atoms with van der Waals surface area (Å²) in [6.07, 6.45) is 6.47. The van der Waals surface area contributed by atoms with Gasteiger partial charge in [0.1, 0.15) is 11.2 Å². The molecule has 164 valence electrons. The van der Waals surface area contributed by atoms with E-state index >= 15 is 0 Å². The maximum absolute atomic E-state index is 13.6. The molecule has 1 atom stereocenters. The molecule has 1 unspecified atom stereocenters. The number of ketones is 1. The fourth-order valence-corrected chi connectivity index (χ4v) is 5.40. The molecule has 1 saturated heterocycles. The van der Waals surface area contributed by atoms with Crippen LogP contribution in [0.4, 0.5) is 0 Å². The van der Waals surface area contributed by atoms with Crippen LogP contribution in [0.5, 0.6) is 0 Å². The fraction of sp³-hybridized carbons (Fsp3) is 0.259. The molecule has 1 aliphatic carbocycles. The molecule has 6 nitrogen and oxygen atoms in total. The van der Waals surface area contributed by atoms with Gasteiger partial charge >= 0.3 is 0 Å². The molecular weight excluding hydrogens is 414 g/mol. The average molecular weight is 437 g/mol. The van der Waals surface area contributed by atoms with Gasteiger partial charge in [0.25, 0.3) is 11.5 Å². The molecule has 0 bridgehead atoms. The number of nitrogens with zero attached hydrogens (tertiary/aromatic N) is 3. The van der Waals surface area contributed by atoms with E-state index in [1.54, 1.807) is 29.3 Å². The number of carbonyl (C=O) groups excluding carboxylic acids is 2. The Morgan fingerprint density at radius 3 is 2.67 bits per heavy atom. The van der Waals surface area contributed by atoms with Crippen LogP contribution in [0.15, 0.2) is 65.7 Å². The Bertz CT molecular complexity index is 1490. The largest absolute Gasteiger partial charge is 0.338 e. The van der Waals surface area contributed by atoms with Crippen molar-refractivity contribution in [2.24, 2.45) is 5.92 Å². The molecule has 0 radical (unpaired) electrons. The number of carbonyl (C=O) groups is 2. The Morgan fingerprint density at radius 1 is 0.939 bits per heavy atom. The van der Waals surface area contributed by atoms with Crippen LogP contribution in [0.2, 0.25) is 0 Å². The van der Waals surface area contributed by atoms with Gasteiger partial charge in [-0.2, -0.15) is 0 Å². The van der Waals surface area contributed by atoms with Gasteiger partial charge in [-0.15, -0.1) is 0 Å². The van der Waals surface area contributed by atoms with E-state index in [1.165, 1.54) is 27.1 Å². The molecule has 4 aromatic rings. The third-order valence-electron chi connectivity index (χ3n) is 7.07. The van der Waals surface area contributed by atoms with Crippen molar-refractivity contribution < 1.29 is 9.59 Å². The molecule has 33 heavy (non-hydrogen) atoms. The highest BCUT2D eigenvalue weighted by atomic mass is 16.2. The molecule has 1 amide bonds. The third-order valence-corrected chi connectivity index (χ3v) is 7.07. The molecule has 0 N–H and O–H groups in total. The quantitative estimate of drug-likeness (QED) is 0.459. The topological polar surface area (TPSA) is 71.8 Å². The van der Waals surface area contributed by atoms with E-state index in [9.17, 15) is 14.4 Å². The van der Waals surface area contributed by atoms with Crippen LogP contribution < -0.4 is 5.56 Å². The molecule has 2 aliphatic rings. The van der Waals surface area contributed by atoms with Crippen LogP contribution in [-0.2, 0) is 12.8 Å². The molecule has 1 fully saturated rings. The zero-order valence-electron chi connectivity index (χ0n) is 18.2. The van der Waals surface area contributed by atoms with Gasteiger partial charge in [0.2, 0.25) is 0 Å². The van der Waals surface area contributed by atoms with Gasteiger partial charge in [-0.25, -0.2) is 4.98 Å². The van der Waals surface area contributed by atoms with Crippen LogP contribution in [0, 0.1) is 5.92 Å². The first-order valence-electron chi connectivity index (χ1n) is 11.4. The smallest absolute Gasteiger partial charge is 0.270 e. The molecule has 2 aromatic heterocycles. The SMILES string of the molecule is O=C(c1ccc2c3c(cccc13)CC2)C1CCCN(C(=O)c2cnc3ccccn3c2=O)C1. The Morgan fingerprint density at radius 2 is 1.79 bits per heavy atom. The highest BCUT2D eigenvalue weighted by Gasteiger charge is 2.32. The highest BCUT2D eigenvalue weighted by Crippen LogP contribution is 2.34. The van der Waals surface area contributed by atoms with Gasteiger partial charge in [0.15, 0.2) is 5.78 Å². The lowest BCUT2D eigenvalue weighted by Crippen LogP contribution is -2.44. The normalized spacial score (nSPS) is 17.6. The van der Waals surface area contributed by atoms with Crippen LogP contribution in [0.25, 0.3) is 16.4 Å². The lowest BCUT2D eigenvalue weighted by Gasteiger charge is -2.32. The minimum atomic E-state index is -0.383. The number of aryl methyl sites for hydroxylation is 2. The Kier molecular flexibility index (Phi) is 4.61. The molecule has 1 aliphatic heterocycles. The first-order chi connectivity index (χ1) is 16.1. The number of amides is 1. The summed E-state index contributed by atoms with van der Waals surface area (Å²) >= 11 is 0. The first kappa shape index (κ1) is 19.9. The van der Waals surface area contributed by atoms with Gasteiger partial charge < -0.3 is 4.90 Å². The summed E-state index contributed by atoms with van der Waals surface area (Å²) in [5.41, 5.74) is 3.51. The molecule has 6 rings (SSSR count). The van der Waals surface area contributed by atoms with E-state index in [1.807, 2.05) is 18.2 Å². The summed E-state index contributed by atoms with van der Waals surface area (Å²) in [4.78, 5) is 45.6. The number of aromatic nitrogens is 2. The van der Waals surface area contributed by atoms with Crippen LogP contribution in [0.3, 0.4) is 0 Å². The number of piperidine rings is 1. The molecule has 0 saturated carbocycles. The monoisotopic (exact) mass is 437 g/mol.